The molecule has 1 saturated heterocycles. The lowest BCUT2D eigenvalue weighted by molar-refractivity contribution is 0.416. The predicted molar refractivity (Wildman–Crippen MR) is 78.5 cm³/mol. The first kappa shape index (κ1) is 15.5. The molecule has 5 nitrogen and oxygen atoms in total. The summed E-state index contributed by atoms with van der Waals surface area (Å²) in [5.74, 6) is -0.277. The average Bonchev–Trinajstić information content (AvgIpc) is 2.78. The minimum Gasteiger partial charge on any atom is -0.229 e. The molecule has 0 radical (unpaired) electrons. The van der Waals surface area contributed by atoms with Gasteiger partial charge in [0.25, 0.3) is 0 Å². The zero-order chi connectivity index (χ0) is 14.8. The van der Waals surface area contributed by atoms with Crippen LogP contribution >= 0.6 is 0 Å². The van der Waals surface area contributed by atoms with Crippen molar-refractivity contribution < 1.29 is 16.8 Å². The predicted octanol–water partition coefficient (Wildman–Crippen LogP) is 1.03. The molecule has 1 aliphatic heterocycles. The van der Waals surface area contributed by atoms with Crippen LogP contribution in [0.4, 0.5) is 0 Å². The zero-order valence-corrected chi connectivity index (χ0v) is 13.0. The van der Waals surface area contributed by atoms with Crippen LogP contribution in [0, 0.1) is 0 Å². The molecule has 0 aromatic heterocycles. The van der Waals surface area contributed by atoms with Crippen molar-refractivity contribution in [2.24, 2.45) is 0 Å². The molecular formula is C13H19NO4S2. The van der Waals surface area contributed by atoms with E-state index in [4.69, 9.17) is 0 Å². The Hall–Kier alpha value is -0.920. The SMILES string of the molecule is CCN(Cc1ccccc1)S(=O)(=O)C1CCS(=O)(=O)C1. The highest BCUT2D eigenvalue weighted by Crippen LogP contribution is 2.23. The fraction of sp³-hybridized carbons (Fsp3) is 0.538. The molecule has 0 spiro atoms. The molecular weight excluding hydrogens is 298 g/mol. The summed E-state index contributed by atoms with van der Waals surface area (Å²) in [6, 6.07) is 9.32. The first-order valence-corrected chi connectivity index (χ1v) is 9.91. The molecule has 1 unspecified atom stereocenters. The molecule has 1 heterocycles. The Kier molecular flexibility index (Phi) is 4.51. The van der Waals surface area contributed by atoms with Gasteiger partial charge in [0.2, 0.25) is 10.0 Å². The lowest BCUT2D eigenvalue weighted by atomic mass is 10.2. The van der Waals surface area contributed by atoms with E-state index < -0.39 is 25.1 Å². The van der Waals surface area contributed by atoms with Crippen LogP contribution in [0.25, 0.3) is 0 Å². The van der Waals surface area contributed by atoms with E-state index in [1.165, 1.54) is 4.31 Å². The Morgan fingerprint density at radius 1 is 1.25 bits per heavy atom. The zero-order valence-electron chi connectivity index (χ0n) is 11.4. The highest BCUT2D eigenvalue weighted by atomic mass is 32.2. The van der Waals surface area contributed by atoms with Crippen molar-refractivity contribution >= 4 is 19.9 Å². The highest BCUT2D eigenvalue weighted by molar-refractivity contribution is 7.95. The van der Waals surface area contributed by atoms with Gasteiger partial charge < -0.3 is 0 Å². The third kappa shape index (κ3) is 3.39. The minimum absolute atomic E-state index is 0.0280. The summed E-state index contributed by atoms with van der Waals surface area (Å²) >= 11 is 0. The summed E-state index contributed by atoms with van der Waals surface area (Å²) in [5, 5.41) is -0.795. The lowest BCUT2D eigenvalue weighted by Crippen LogP contribution is -2.38. The second-order valence-electron chi connectivity index (χ2n) is 4.98. The smallest absolute Gasteiger partial charge is 0.218 e. The number of sulfone groups is 1. The van der Waals surface area contributed by atoms with Crippen molar-refractivity contribution in [1.82, 2.24) is 4.31 Å². The van der Waals surface area contributed by atoms with Crippen LogP contribution in [0.5, 0.6) is 0 Å². The molecule has 112 valence electrons. The van der Waals surface area contributed by atoms with Crippen LogP contribution in [0.2, 0.25) is 0 Å². The molecule has 7 heteroatoms. The fourth-order valence-corrected chi connectivity index (χ4v) is 6.90. The van der Waals surface area contributed by atoms with Gasteiger partial charge in [-0.15, -0.1) is 0 Å². The lowest BCUT2D eigenvalue weighted by Gasteiger charge is -2.23. The molecule has 0 bridgehead atoms. The highest BCUT2D eigenvalue weighted by Gasteiger charge is 2.39. The number of hydrogen-bond donors (Lipinski definition) is 0. The van der Waals surface area contributed by atoms with Gasteiger partial charge in [0, 0.05) is 13.1 Å². The van der Waals surface area contributed by atoms with Crippen LogP contribution < -0.4 is 0 Å². The third-order valence-electron chi connectivity index (χ3n) is 3.53. The van der Waals surface area contributed by atoms with Gasteiger partial charge in [-0.05, 0) is 12.0 Å². The maximum atomic E-state index is 12.5. The number of rotatable bonds is 5. The van der Waals surface area contributed by atoms with Crippen LogP contribution in [0.1, 0.15) is 18.9 Å². The van der Waals surface area contributed by atoms with E-state index in [-0.39, 0.29) is 24.5 Å². The summed E-state index contributed by atoms with van der Waals surface area (Å²) in [4.78, 5) is 0. The van der Waals surface area contributed by atoms with Gasteiger partial charge in [-0.2, -0.15) is 4.31 Å². The van der Waals surface area contributed by atoms with Gasteiger partial charge in [0.15, 0.2) is 9.84 Å². The summed E-state index contributed by atoms with van der Waals surface area (Å²) in [6.07, 6.45) is 0.204. The summed E-state index contributed by atoms with van der Waals surface area (Å²) in [6.45, 7) is 2.40. The number of benzene rings is 1. The molecule has 0 N–H and O–H groups in total. The van der Waals surface area contributed by atoms with Gasteiger partial charge in [-0.1, -0.05) is 37.3 Å². The first-order valence-electron chi connectivity index (χ1n) is 6.58. The van der Waals surface area contributed by atoms with E-state index in [9.17, 15) is 16.8 Å². The first-order chi connectivity index (χ1) is 9.35. The van der Waals surface area contributed by atoms with Crippen molar-refractivity contribution in [3.05, 3.63) is 35.9 Å². The van der Waals surface area contributed by atoms with Crippen LogP contribution in [-0.4, -0.2) is 44.4 Å². The van der Waals surface area contributed by atoms with Gasteiger partial charge in [-0.25, -0.2) is 16.8 Å². The Morgan fingerprint density at radius 3 is 2.40 bits per heavy atom. The van der Waals surface area contributed by atoms with Crippen molar-refractivity contribution in [2.45, 2.75) is 25.1 Å². The molecule has 1 aromatic carbocycles. The maximum absolute atomic E-state index is 12.5. The van der Waals surface area contributed by atoms with Crippen LogP contribution in [-0.2, 0) is 26.4 Å². The van der Waals surface area contributed by atoms with E-state index >= 15 is 0 Å². The van der Waals surface area contributed by atoms with Gasteiger partial charge >= 0.3 is 0 Å². The second kappa shape index (κ2) is 5.83. The Balaban J connectivity index is 2.18. The monoisotopic (exact) mass is 317 g/mol. The summed E-state index contributed by atoms with van der Waals surface area (Å²) in [7, 11) is -6.76. The van der Waals surface area contributed by atoms with E-state index in [1.54, 1.807) is 6.92 Å². The quantitative estimate of drug-likeness (QED) is 0.813. The van der Waals surface area contributed by atoms with Gasteiger partial charge in [0.1, 0.15) is 0 Å². The van der Waals surface area contributed by atoms with Crippen molar-refractivity contribution in [3.63, 3.8) is 0 Å². The van der Waals surface area contributed by atoms with E-state index in [1.807, 2.05) is 30.3 Å². The van der Waals surface area contributed by atoms with Crippen LogP contribution in [0.15, 0.2) is 30.3 Å². The van der Waals surface area contributed by atoms with E-state index in [2.05, 4.69) is 0 Å². The normalized spacial score (nSPS) is 22.2. The standard InChI is InChI=1S/C13H19NO4S2/c1-2-14(10-12-6-4-3-5-7-12)20(17,18)13-8-9-19(15,16)11-13/h3-7,13H,2,8-11H2,1H3. The number of hydrogen-bond acceptors (Lipinski definition) is 4. The molecule has 1 aliphatic rings. The molecule has 0 amide bonds. The fourth-order valence-electron chi connectivity index (χ4n) is 2.38. The molecule has 0 aliphatic carbocycles. The molecule has 1 aromatic rings. The molecule has 1 atom stereocenters. The minimum atomic E-state index is -3.57. The van der Waals surface area contributed by atoms with Crippen molar-refractivity contribution in [1.29, 1.82) is 0 Å². The van der Waals surface area contributed by atoms with Crippen molar-refractivity contribution in [2.75, 3.05) is 18.1 Å². The summed E-state index contributed by atoms with van der Waals surface area (Å²) < 4.78 is 49.4. The average molecular weight is 317 g/mol. The third-order valence-corrected chi connectivity index (χ3v) is 7.86. The van der Waals surface area contributed by atoms with Gasteiger partial charge in [-0.3, -0.25) is 0 Å². The van der Waals surface area contributed by atoms with Crippen molar-refractivity contribution in [3.8, 4) is 0 Å². The molecule has 20 heavy (non-hydrogen) atoms. The Morgan fingerprint density at radius 2 is 1.90 bits per heavy atom. The van der Waals surface area contributed by atoms with Gasteiger partial charge in [0.05, 0.1) is 16.8 Å². The van der Waals surface area contributed by atoms with E-state index in [0.29, 0.717) is 6.54 Å². The molecule has 1 fully saturated rings. The largest absolute Gasteiger partial charge is 0.229 e. The topological polar surface area (TPSA) is 71.5 Å². The maximum Gasteiger partial charge on any atom is 0.218 e. The number of sulfonamides is 1. The molecule has 0 saturated carbocycles. The number of nitrogens with zero attached hydrogens (tertiary/aromatic N) is 1. The second-order valence-corrected chi connectivity index (χ2v) is 9.42. The van der Waals surface area contributed by atoms with Crippen LogP contribution in [0.3, 0.4) is 0 Å². The Bertz CT molecular complexity index is 653. The summed E-state index contributed by atoms with van der Waals surface area (Å²) in [5.41, 5.74) is 0.902. The van der Waals surface area contributed by atoms with E-state index in [0.717, 1.165) is 5.56 Å². The molecule has 2 rings (SSSR count). The Labute approximate surface area is 120 Å².